The van der Waals surface area contributed by atoms with Gasteiger partial charge in [0.1, 0.15) is 0 Å². The standard InChI is InChI=1S/C15H13ClN4O2/c1-3-22-15(21)11-6-10-12(16)4-5-17-14(10)19-13(11)9-7-18-20(2)8-9/h4-8H,3H2,1-2H3. The molecule has 22 heavy (non-hydrogen) atoms. The SMILES string of the molecule is CCOC(=O)c1cc2c(Cl)ccnc2nc1-c1cnn(C)c1. The van der Waals surface area contributed by atoms with Crippen molar-refractivity contribution in [1.82, 2.24) is 19.7 Å². The molecule has 0 aliphatic carbocycles. The Morgan fingerprint density at radius 1 is 1.45 bits per heavy atom. The van der Waals surface area contributed by atoms with Crippen LogP contribution in [0.3, 0.4) is 0 Å². The molecule has 7 heteroatoms. The van der Waals surface area contributed by atoms with E-state index in [1.54, 1.807) is 49.4 Å². The van der Waals surface area contributed by atoms with Crippen molar-refractivity contribution < 1.29 is 9.53 Å². The largest absolute Gasteiger partial charge is 0.462 e. The number of nitrogens with zero attached hydrogens (tertiary/aromatic N) is 4. The average molecular weight is 317 g/mol. The topological polar surface area (TPSA) is 69.9 Å². The van der Waals surface area contributed by atoms with Gasteiger partial charge in [0.05, 0.1) is 29.1 Å². The van der Waals surface area contributed by atoms with Crippen LogP contribution in [0.25, 0.3) is 22.3 Å². The molecule has 0 saturated heterocycles. The predicted octanol–water partition coefficient (Wildman–Crippen LogP) is 2.86. The summed E-state index contributed by atoms with van der Waals surface area (Å²) in [6.45, 7) is 2.04. The van der Waals surface area contributed by atoms with Crippen LogP contribution in [0, 0.1) is 0 Å². The quantitative estimate of drug-likeness (QED) is 0.695. The van der Waals surface area contributed by atoms with Crippen molar-refractivity contribution in [2.75, 3.05) is 6.61 Å². The van der Waals surface area contributed by atoms with Crippen LogP contribution in [0.15, 0.2) is 30.7 Å². The van der Waals surface area contributed by atoms with E-state index in [4.69, 9.17) is 16.3 Å². The van der Waals surface area contributed by atoms with Gasteiger partial charge in [0.25, 0.3) is 0 Å². The lowest BCUT2D eigenvalue weighted by Crippen LogP contribution is -2.08. The highest BCUT2D eigenvalue weighted by atomic mass is 35.5. The van der Waals surface area contributed by atoms with Crippen molar-refractivity contribution in [2.24, 2.45) is 7.05 Å². The van der Waals surface area contributed by atoms with Gasteiger partial charge < -0.3 is 4.74 Å². The molecule has 3 aromatic rings. The van der Waals surface area contributed by atoms with E-state index >= 15 is 0 Å². The average Bonchev–Trinajstić information content (AvgIpc) is 2.93. The van der Waals surface area contributed by atoms with E-state index in [2.05, 4.69) is 15.1 Å². The molecule has 112 valence electrons. The molecule has 0 spiro atoms. The lowest BCUT2D eigenvalue weighted by molar-refractivity contribution is 0.0527. The van der Waals surface area contributed by atoms with Crippen molar-refractivity contribution >= 4 is 28.6 Å². The molecule has 0 unspecified atom stereocenters. The van der Waals surface area contributed by atoms with Gasteiger partial charge in [0.2, 0.25) is 0 Å². The Bertz CT molecular complexity index is 860. The van der Waals surface area contributed by atoms with Crippen molar-refractivity contribution in [1.29, 1.82) is 0 Å². The normalized spacial score (nSPS) is 10.9. The van der Waals surface area contributed by atoms with E-state index in [-0.39, 0.29) is 6.61 Å². The number of pyridine rings is 2. The van der Waals surface area contributed by atoms with E-state index < -0.39 is 5.97 Å². The number of carbonyl (C=O) groups is 1. The van der Waals surface area contributed by atoms with E-state index in [9.17, 15) is 4.79 Å². The molecule has 0 amide bonds. The first kappa shape index (κ1) is 14.5. The van der Waals surface area contributed by atoms with Gasteiger partial charge in [-0.3, -0.25) is 4.68 Å². The van der Waals surface area contributed by atoms with Gasteiger partial charge in [-0.2, -0.15) is 5.10 Å². The Balaban J connectivity index is 2.28. The van der Waals surface area contributed by atoms with Gasteiger partial charge in [-0.15, -0.1) is 0 Å². The van der Waals surface area contributed by atoms with Crippen LogP contribution >= 0.6 is 11.6 Å². The minimum Gasteiger partial charge on any atom is -0.462 e. The first-order valence-electron chi connectivity index (χ1n) is 6.71. The van der Waals surface area contributed by atoms with Gasteiger partial charge in [-0.25, -0.2) is 14.8 Å². The van der Waals surface area contributed by atoms with Crippen LogP contribution in [0.5, 0.6) is 0 Å². The summed E-state index contributed by atoms with van der Waals surface area (Å²) >= 11 is 6.16. The number of halogens is 1. The molecule has 0 atom stereocenters. The first-order valence-corrected chi connectivity index (χ1v) is 7.09. The molecule has 0 fully saturated rings. The summed E-state index contributed by atoms with van der Waals surface area (Å²) < 4.78 is 6.76. The minimum atomic E-state index is -0.448. The number of aromatic nitrogens is 4. The summed E-state index contributed by atoms with van der Waals surface area (Å²) in [4.78, 5) is 20.9. The molecule has 6 nitrogen and oxygen atoms in total. The number of fused-ring (bicyclic) bond motifs is 1. The van der Waals surface area contributed by atoms with Crippen LogP contribution < -0.4 is 0 Å². The second-order valence-corrected chi connectivity index (χ2v) is 5.08. The van der Waals surface area contributed by atoms with Gasteiger partial charge in [-0.1, -0.05) is 11.6 Å². The zero-order valence-corrected chi connectivity index (χ0v) is 12.8. The molecule has 0 aliphatic rings. The summed E-state index contributed by atoms with van der Waals surface area (Å²) in [5.41, 5.74) is 2.01. The van der Waals surface area contributed by atoms with Crippen LogP contribution in [0.1, 0.15) is 17.3 Å². The molecule has 3 aromatic heterocycles. The highest BCUT2D eigenvalue weighted by Crippen LogP contribution is 2.28. The van der Waals surface area contributed by atoms with Gasteiger partial charge >= 0.3 is 5.97 Å². The summed E-state index contributed by atoms with van der Waals surface area (Å²) in [5, 5.41) is 5.21. The second-order valence-electron chi connectivity index (χ2n) is 4.67. The number of esters is 1. The number of hydrogen-bond donors (Lipinski definition) is 0. The van der Waals surface area contributed by atoms with Crippen LogP contribution in [0.2, 0.25) is 5.02 Å². The predicted molar refractivity (Wildman–Crippen MR) is 82.7 cm³/mol. The molecule has 0 bridgehead atoms. The van der Waals surface area contributed by atoms with Crippen LogP contribution in [-0.2, 0) is 11.8 Å². The van der Waals surface area contributed by atoms with E-state index in [0.717, 1.165) is 0 Å². The summed E-state index contributed by atoms with van der Waals surface area (Å²) in [7, 11) is 1.80. The Morgan fingerprint density at radius 3 is 2.95 bits per heavy atom. The maximum absolute atomic E-state index is 12.2. The minimum absolute atomic E-state index is 0.282. The molecular weight excluding hydrogens is 304 g/mol. The van der Waals surface area contributed by atoms with Crippen molar-refractivity contribution in [3.8, 4) is 11.3 Å². The molecule has 0 N–H and O–H groups in total. The fourth-order valence-corrected chi connectivity index (χ4v) is 2.36. The second kappa shape index (κ2) is 5.73. The van der Waals surface area contributed by atoms with Crippen molar-refractivity contribution in [3.63, 3.8) is 0 Å². The zero-order chi connectivity index (χ0) is 15.7. The molecule has 0 aromatic carbocycles. The number of aryl methyl sites for hydroxylation is 1. The van der Waals surface area contributed by atoms with E-state index in [1.165, 1.54) is 0 Å². The molecular formula is C15H13ClN4O2. The van der Waals surface area contributed by atoms with Gasteiger partial charge in [-0.05, 0) is 19.1 Å². The highest BCUT2D eigenvalue weighted by molar-refractivity contribution is 6.35. The maximum atomic E-state index is 12.2. The summed E-state index contributed by atoms with van der Waals surface area (Å²) in [6.07, 6.45) is 5.00. The number of hydrogen-bond acceptors (Lipinski definition) is 5. The van der Waals surface area contributed by atoms with E-state index in [1.807, 2.05) is 0 Å². The highest BCUT2D eigenvalue weighted by Gasteiger charge is 2.19. The van der Waals surface area contributed by atoms with E-state index in [0.29, 0.717) is 32.9 Å². The van der Waals surface area contributed by atoms with Crippen molar-refractivity contribution in [3.05, 3.63) is 41.3 Å². The Hall–Kier alpha value is -2.47. The lowest BCUT2D eigenvalue weighted by atomic mass is 10.1. The monoisotopic (exact) mass is 316 g/mol. The fourth-order valence-electron chi connectivity index (χ4n) is 2.17. The zero-order valence-electron chi connectivity index (χ0n) is 12.1. The van der Waals surface area contributed by atoms with Gasteiger partial charge in [0, 0.05) is 30.4 Å². The lowest BCUT2D eigenvalue weighted by Gasteiger charge is -2.09. The fraction of sp³-hybridized carbons (Fsp3) is 0.200. The Kier molecular flexibility index (Phi) is 3.77. The Labute approximate surface area is 131 Å². The maximum Gasteiger partial charge on any atom is 0.340 e. The summed E-state index contributed by atoms with van der Waals surface area (Å²) in [6, 6.07) is 3.32. The molecule has 3 rings (SSSR count). The Morgan fingerprint density at radius 2 is 2.27 bits per heavy atom. The van der Waals surface area contributed by atoms with Crippen molar-refractivity contribution in [2.45, 2.75) is 6.92 Å². The summed E-state index contributed by atoms with van der Waals surface area (Å²) in [5.74, 6) is -0.448. The third-order valence-corrected chi connectivity index (χ3v) is 3.48. The first-order chi connectivity index (χ1) is 10.6. The molecule has 0 saturated carbocycles. The molecule has 0 radical (unpaired) electrons. The number of carbonyl (C=O) groups excluding carboxylic acids is 1. The molecule has 0 aliphatic heterocycles. The number of rotatable bonds is 3. The van der Waals surface area contributed by atoms with Crippen LogP contribution in [0.4, 0.5) is 0 Å². The van der Waals surface area contributed by atoms with Gasteiger partial charge in [0.15, 0.2) is 5.65 Å². The van der Waals surface area contributed by atoms with Crippen LogP contribution in [-0.4, -0.2) is 32.3 Å². The number of ether oxygens (including phenoxy) is 1. The molecule has 3 heterocycles. The third-order valence-electron chi connectivity index (χ3n) is 3.15. The smallest absolute Gasteiger partial charge is 0.340 e. The third kappa shape index (κ3) is 2.53.